The number of halogens is 1. The number of aryl methyl sites for hydroxylation is 2. The van der Waals surface area contributed by atoms with Gasteiger partial charge >= 0.3 is 0 Å². The molecule has 0 fully saturated rings. The van der Waals surface area contributed by atoms with Gasteiger partial charge < -0.3 is 0 Å². The fraction of sp³-hybridized carbons (Fsp3) is 0.667. The van der Waals surface area contributed by atoms with E-state index in [2.05, 4.69) is 35.8 Å². The van der Waals surface area contributed by atoms with Crippen molar-refractivity contribution in [3.8, 4) is 0 Å². The fourth-order valence-electron chi connectivity index (χ4n) is 2.00. The highest BCUT2D eigenvalue weighted by Gasteiger charge is 2.21. The fourth-order valence-corrected chi connectivity index (χ4v) is 3.71. The maximum absolute atomic E-state index is 3.59. The Hall–Kier alpha value is 0.180. The highest BCUT2D eigenvalue weighted by atomic mass is 79.9. The number of fused-ring (bicyclic) bond motifs is 1. The monoisotopic (exact) mass is 272 g/mol. The van der Waals surface area contributed by atoms with Gasteiger partial charge in [0.25, 0.3) is 0 Å². The zero-order valence-corrected chi connectivity index (χ0v) is 11.3. The Morgan fingerprint density at radius 1 is 1.43 bits per heavy atom. The molecule has 0 aliphatic heterocycles. The van der Waals surface area contributed by atoms with Crippen molar-refractivity contribution in [1.82, 2.24) is 0 Å². The van der Waals surface area contributed by atoms with Gasteiger partial charge in [-0.05, 0) is 42.7 Å². The molecule has 0 spiro atoms. The van der Waals surface area contributed by atoms with Gasteiger partial charge in [0.1, 0.15) is 0 Å². The van der Waals surface area contributed by atoms with Crippen LogP contribution in [0.1, 0.15) is 35.6 Å². The van der Waals surface area contributed by atoms with Crippen LogP contribution < -0.4 is 0 Å². The maximum Gasteiger partial charge on any atom is 0.00861 e. The Morgan fingerprint density at radius 2 is 2.21 bits per heavy atom. The van der Waals surface area contributed by atoms with Gasteiger partial charge in [-0.2, -0.15) is 0 Å². The molecular formula is C12H17BrS. The number of thiophene rings is 1. The maximum atomic E-state index is 3.59. The van der Waals surface area contributed by atoms with Crippen LogP contribution >= 0.6 is 27.3 Å². The summed E-state index contributed by atoms with van der Waals surface area (Å²) < 4.78 is 0. The van der Waals surface area contributed by atoms with E-state index < -0.39 is 0 Å². The highest BCUT2D eigenvalue weighted by molar-refractivity contribution is 9.09. The van der Waals surface area contributed by atoms with Crippen LogP contribution in [-0.2, 0) is 19.3 Å². The molecule has 1 aromatic rings. The van der Waals surface area contributed by atoms with Crippen molar-refractivity contribution >= 4 is 27.3 Å². The van der Waals surface area contributed by atoms with Crippen LogP contribution in [0, 0.1) is 5.41 Å². The second kappa shape index (κ2) is 3.97. The minimum absolute atomic E-state index is 0.401. The summed E-state index contributed by atoms with van der Waals surface area (Å²) in [5.74, 6) is 0. The molecule has 1 aliphatic rings. The van der Waals surface area contributed by atoms with E-state index in [4.69, 9.17) is 0 Å². The first kappa shape index (κ1) is 10.7. The van der Waals surface area contributed by atoms with Crippen LogP contribution in [0.5, 0.6) is 0 Å². The van der Waals surface area contributed by atoms with Crippen LogP contribution in [0.15, 0.2) is 6.07 Å². The summed E-state index contributed by atoms with van der Waals surface area (Å²) in [6, 6.07) is 2.44. The summed E-state index contributed by atoms with van der Waals surface area (Å²) in [4.78, 5) is 3.24. The predicted octanol–water partition coefficient (Wildman–Crippen LogP) is 4.20. The predicted molar refractivity (Wildman–Crippen MR) is 67.6 cm³/mol. The molecule has 0 bridgehead atoms. The van der Waals surface area contributed by atoms with E-state index in [1.54, 1.807) is 15.3 Å². The summed E-state index contributed by atoms with van der Waals surface area (Å²) in [5.41, 5.74) is 2.04. The van der Waals surface area contributed by atoms with Crippen LogP contribution in [0.25, 0.3) is 0 Å². The molecule has 1 heterocycles. The molecule has 0 aromatic carbocycles. The highest BCUT2D eigenvalue weighted by Crippen LogP contribution is 2.34. The summed E-state index contributed by atoms with van der Waals surface area (Å²) in [6.45, 7) is 4.65. The lowest BCUT2D eigenvalue weighted by molar-refractivity contribution is 0.428. The quantitative estimate of drug-likeness (QED) is 0.724. The zero-order valence-electron chi connectivity index (χ0n) is 8.90. The van der Waals surface area contributed by atoms with Crippen LogP contribution in [0.3, 0.4) is 0 Å². The van der Waals surface area contributed by atoms with Gasteiger partial charge in [0.2, 0.25) is 0 Å². The minimum atomic E-state index is 0.401. The normalized spacial score (nSPS) is 15.9. The van der Waals surface area contributed by atoms with Gasteiger partial charge in [-0.15, -0.1) is 11.3 Å². The third-order valence-electron chi connectivity index (χ3n) is 2.81. The zero-order chi connectivity index (χ0) is 10.2. The Kier molecular flexibility index (Phi) is 3.03. The number of rotatable bonds is 3. The second-order valence-corrected chi connectivity index (χ2v) is 6.77. The molecule has 0 saturated heterocycles. The number of alkyl halides is 1. The molecule has 2 heteroatoms. The first-order valence-corrected chi connectivity index (χ1v) is 7.21. The molecule has 78 valence electrons. The SMILES string of the molecule is CC(C)(CBr)Cc1cc2c(s1)CCC2. The smallest absolute Gasteiger partial charge is 0.00861 e. The van der Waals surface area contributed by atoms with E-state index >= 15 is 0 Å². The van der Waals surface area contributed by atoms with E-state index in [0.29, 0.717) is 5.41 Å². The molecule has 0 amide bonds. The summed E-state index contributed by atoms with van der Waals surface area (Å²) >= 11 is 5.63. The third-order valence-corrected chi connectivity index (χ3v) is 5.57. The molecule has 0 unspecified atom stereocenters. The topological polar surface area (TPSA) is 0 Å². The first-order chi connectivity index (χ1) is 6.61. The van der Waals surface area contributed by atoms with E-state index in [-0.39, 0.29) is 0 Å². The molecule has 0 saturated carbocycles. The molecule has 0 atom stereocenters. The molecule has 0 nitrogen and oxygen atoms in total. The van der Waals surface area contributed by atoms with Crippen LogP contribution in [-0.4, -0.2) is 5.33 Å². The summed E-state index contributed by atoms with van der Waals surface area (Å²) in [7, 11) is 0. The Balaban J connectivity index is 2.11. The van der Waals surface area contributed by atoms with Crippen molar-refractivity contribution < 1.29 is 0 Å². The first-order valence-electron chi connectivity index (χ1n) is 5.27. The number of hydrogen-bond donors (Lipinski definition) is 0. The number of hydrogen-bond acceptors (Lipinski definition) is 1. The summed E-state index contributed by atoms with van der Waals surface area (Å²) in [6.07, 6.45) is 5.24. The van der Waals surface area contributed by atoms with Crippen molar-refractivity contribution in [2.45, 2.75) is 39.5 Å². The molecule has 14 heavy (non-hydrogen) atoms. The Labute approximate surface area is 98.9 Å². The molecular weight excluding hydrogens is 256 g/mol. The van der Waals surface area contributed by atoms with Crippen molar-refractivity contribution in [2.75, 3.05) is 5.33 Å². The largest absolute Gasteiger partial charge is 0.145 e. The molecule has 0 radical (unpaired) electrons. The third kappa shape index (κ3) is 2.22. The lowest BCUT2D eigenvalue weighted by Crippen LogP contribution is -2.15. The average molecular weight is 273 g/mol. The van der Waals surface area contributed by atoms with E-state index in [1.165, 1.54) is 25.7 Å². The lowest BCUT2D eigenvalue weighted by Gasteiger charge is -2.20. The molecule has 1 aliphatic carbocycles. The lowest BCUT2D eigenvalue weighted by atomic mass is 9.91. The van der Waals surface area contributed by atoms with Crippen molar-refractivity contribution in [3.05, 3.63) is 21.4 Å². The second-order valence-electron chi connectivity index (χ2n) is 4.99. The standard InChI is InChI=1S/C12H17BrS/c1-12(2,8-13)7-10-6-9-4-3-5-11(9)14-10/h6H,3-5,7-8H2,1-2H3. The average Bonchev–Trinajstić information content (AvgIpc) is 2.63. The van der Waals surface area contributed by atoms with Gasteiger partial charge in [0.05, 0.1) is 0 Å². The van der Waals surface area contributed by atoms with Gasteiger partial charge in [-0.1, -0.05) is 29.8 Å². The van der Waals surface area contributed by atoms with Gasteiger partial charge in [-0.3, -0.25) is 0 Å². The van der Waals surface area contributed by atoms with Crippen LogP contribution in [0.2, 0.25) is 0 Å². The van der Waals surface area contributed by atoms with Crippen molar-refractivity contribution in [3.63, 3.8) is 0 Å². The van der Waals surface area contributed by atoms with Gasteiger partial charge in [0, 0.05) is 15.1 Å². The molecule has 0 N–H and O–H groups in total. The molecule has 2 rings (SSSR count). The minimum Gasteiger partial charge on any atom is -0.145 e. The van der Waals surface area contributed by atoms with Gasteiger partial charge in [0.15, 0.2) is 0 Å². The van der Waals surface area contributed by atoms with Crippen LogP contribution in [0.4, 0.5) is 0 Å². The Morgan fingerprint density at radius 3 is 2.86 bits per heavy atom. The van der Waals surface area contributed by atoms with Crippen molar-refractivity contribution in [2.24, 2.45) is 5.41 Å². The van der Waals surface area contributed by atoms with E-state index in [0.717, 1.165) is 5.33 Å². The van der Waals surface area contributed by atoms with Crippen molar-refractivity contribution in [1.29, 1.82) is 0 Å². The van der Waals surface area contributed by atoms with Gasteiger partial charge in [-0.25, -0.2) is 0 Å². The summed E-state index contributed by atoms with van der Waals surface area (Å²) in [5, 5.41) is 1.09. The molecule has 1 aromatic heterocycles. The van der Waals surface area contributed by atoms with E-state index in [1.807, 2.05) is 11.3 Å². The van der Waals surface area contributed by atoms with E-state index in [9.17, 15) is 0 Å². The Bertz CT molecular complexity index is 304.